The van der Waals surface area contributed by atoms with Crippen LogP contribution in [0.2, 0.25) is 0 Å². The molecular weight excluding hydrogens is 388 g/mol. The Bertz CT molecular complexity index is 919. The minimum atomic E-state index is 0.515. The molecule has 2 aromatic carbocycles. The normalized spacial score (nSPS) is 12.6. The number of thiazole rings is 1. The minimum Gasteiger partial charge on any atom is -0.497 e. The predicted molar refractivity (Wildman–Crippen MR) is 99.8 cm³/mol. The van der Waals surface area contributed by atoms with Crippen LogP contribution < -0.4 is 9.47 Å². The molecule has 24 heavy (non-hydrogen) atoms. The van der Waals surface area contributed by atoms with Gasteiger partial charge in [0, 0.05) is 22.3 Å². The first-order chi connectivity index (χ1) is 11.7. The topological polar surface area (TPSA) is 43.7 Å². The van der Waals surface area contributed by atoms with Gasteiger partial charge in [-0.1, -0.05) is 39.4 Å². The van der Waals surface area contributed by atoms with Gasteiger partial charge in [0.25, 0.3) is 0 Å². The van der Waals surface area contributed by atoms with Gasteiger partial charge in [-0.15, -0.1) is 0 Å². The van der Waals surface area contributed by atoms with Crippen LogP contribution in [0.3, 0.4) is 0 Å². The number of methoxy groups -OCH3 is 1. The van der Waals surface area contributed by atoms with E-state index in [1.54, 1.807) is 18.4 Å². The fourth-order valence-electron chi connectivity index (χ4n) is 2.47. The Balaban J connectivity index is 1.65. The van der Waals surface area contributed by atoms with Crippen molar-refractivity contribution in [3.05, 3.63) is 57.4 Å². The van der Waals surface area contributed by atoms with Crippen LogP contribution in [0.25, 0.3) is 11.3 Å². The first kappa shape index (κ1) is 15.4. The molecule has 6 heteroatoms. The lowest BCUT2D eigenvalue weighted by Gasteiger charge is -2.16. The number of hydrogen-bond acceptors (Lipinski definition) is 5. The van der Waals surface area contributed by atoms with Crippen molar-refractivity contribution in [2.45, 2.75) is 6.61 Å². The van der Waals surface area contributed by atoms with Crippen LogP contribution in [0.1, 0.15) is 10.4 Å². The summed E-state index contributed by atoms with van der Waals surface area (Å²) in [4.78, 5) is 10.3. The first-order valence-corrected chi connectivity index (χ1v) is 8.94. The Morgan fingerprint density at radius 1 is 1.25 bits per heavy atom. The van der Waals surface area contributed by atoms with Crippen LogP contribution in [-0.4, -0.2) is 18.3 Å². The zero-order valence-electron chi connectivity index (χ0n) is 12.8. The molecule has 120 valence electrons. The van der Waals surface area contributed by atoms with Gasteiger partial charge in [-0.05, 0) is 29.8 Å². The highest BCUT2D eigenvalue weighted by atomic mass is 79.9. The maximum absolute atomic E-state index is 5.82. The van der Waals surface area contributed by atoms with Gasteiger partial charge in [0.05, 0.1) is 17.7 Å². The van der Waals surface area contributed by atoms with E-state index in [2.05, 4.69) is 25.9 Å². The molecule has 0 saturated heterocycles. The molecule has 4 rings (SSSR count). The van der Waals surface area contributed by atoms with Crippen LogP contribution in [0.5, 0.6) is 11.5 Å². The quantitative estimate of drug-likeness (QED) is 0.565. The van der Waals surface area contributed by atoms with Crippen molar-refractivity contribution in [1.29, 1.82) is 0 Å². The van der Waals surface area contributed by atoms with Crippen LogP contribution in [0.4, 0.5) is 5.13 Å². The molecule has 1 aliphatic rings. The molecule has 1 aromatic heterocycles. The van der Waals surface area contributed by atoms with Crippen LogP contribution >= 0.6 is 27.3 Å². The van der Waals surface area contributed by atoms with Gasteiger partial charge in [0.1, 0.15) is 18.1 Å². The highest BCUT2D eigenvalue weighted by Gasteiger charge is 2.22. The summed E-state index contributed by atoms with van der Waals surface area (Å²) in [5.41, 5.74) is 2.97. The SMILES string of the molecule is COc1ccc2c(c1)OCc1sc(N=Cc3ccc(Br)cc3)nc1-2. The molecule has 0 amide bonds. The van der Waals surface area contributed by atoms with Gasteiger partial charge < -0.3 is 9.47 Å². The summed E-state index contributed by atoms with van der Waals surface area (Å²) >= 11 is 4.98. The predicted octanol–water partition coefficient (Wildman–Crippen LogP) is 5.22. The molecule has 0 radical (unpaired) electrons. The third-order valence-corrected chi connectivity index (χ3v) is 5.15. The highest BCUT2D eigenvalue weighted by molar-refractivity contribution is 9.10. The van der Waals surface area contributed by atoms with Crippen molar-refractivity contribution in [1.82, 2.24) is 4.98 Å². The second-order valence-corrected chi connectivity index (χ2v) is 7.21. The smallest absolute Gasteiger partial charge is 0.210 e. The maximum atomic E-state index is 5.82. The molecule has 3 aromatic rings. The summed E-state index contributed by atoms with van der Waals surface area (Å²) in [5, 5.41) is 0.732. The summed E-state index contributed by atoms with van der Waals surface area (Å²) in [6.07, 6.45) is 1.83. The number of aliphatic imine (C=N–C) groups is 1. The standard InChI is InChI=1S/C18H13BrN2O2S/c1-22-13-6-7-14-15(8-13)23-10-16-17(14)21-18(24-16)20-9-11-2-4-12(19)5-3-11/h2-9H,10H2,1H3. The zero-order chi connectivity index (χ0) is 16.5. The molecule has 0 spiro atoms. The number of hydrogen-bond donors (Lipinski definition) is 0. The van der Waals surface area contributed by atoms with E-state index in [1.165, 1.54) is 0 Å². The van der Waals surface area contributed by atoms with E-state index in [0.29, 0.717) is 6.61 Å². The number of benzene rings is 2. The lowest BCUT2D eigenvalue weighted by molar-refractivity contribution is 0.303. The van der Waals surface area contributed by atoms with Gasteiger partial charge in [-0.25, -0.2) is 9.98 Å². The van der Waals surface area contributed by atoms with Crippen molar-refractivity contribution in [2.24, 2.45) is 4.99 Å². The maximum Gasteiger partial charge on any atom is 0.210 e. The number of aromatic nitrogens is 1. The van der Waals surface area contributed by atoms with Gasteiger partial charge in [0.15, 0.2) is 0 Å². The van der Waals surface area contributed by atoms with Crippen molar-refractivity contribution in [2.75, 3.05) is 7.11 Å². The highest BCUT2D eigenvalue weighted by Crippen LogP contribution is 2.42. The van der Waals surface area contributed by atoms with Crippen molar-refractivity contribution >= 4 is 38.6 Å². The summed E-state index contributed by atoms with van der Waals surface area (Å²) < 4.78 is 12.1. The Morgan fingerprint density at radius 2 is 2.08 bits per heavy atom. The third kappa shape index (κ3) is 2.95. The molecule has 0 saturated carbocycles. The molecule has 0 aliphatic carbocycles. The van der Waals surface area contributed by atoms with E-state index in [1.807, 2.05) is 48.7 Å². The van der Waals surface area contributed by atoms with Crippen molar-refractivity contribution < 1.29 is 9.47 Å². The Kier molecular flexibility index (Phi) is 4.08. The van der Waals surface area contributed by atoms with Gasteiger partial charge in [-0.2, -0.15) is 0 Å². The van der Waals surface area contributed by atoms with E-state index in [9.17, 15) is 0 Å². The Labute approximate surface area is 151 Å². The van der Waals surface area contributed by atoms with Crippen LogP contribution in [0, 0.1) is 0 Å². The fourth-order valence-corrected chi connectivity index (χ4v) is 3.57. The average Bonchev–Trinajstić information content (AvgIpc) is 3.04. The van der Waals surface area contributed by atoms with E-state index >= 15 is 0 Å². The van der Waals surface area contributed by atoms with Crippen molar-refractivity contribution in [3.8, 4) is 22.8 Å². The third-order valence-electron chi connectivity index (χ3n) is 3.68. The number of rotatable bonds is 3. The largest absolute Gasteiger partial charge is 0.497 e. The van der Waals surface area contributed by atoms with Crippen molar-refractivity contribution in [3.63, 3.8) is 0 Å². The molecule has 0 N–H and O–H groups in total. The average molecular weight is 401 g/mol. The molecule has 0 atom stereocenters. The van der Waals surface area contributed by atoms with Gasteiger partial charge in [-0.3, -0.25) is 0 Å². The Morgan fingerprint density at radius 3 is 2.88 bits per heavy atom. The number of fused-ring (bicyclic) bond motifs is 3. The summed E-state index contributed by atoms with van der Waals surface area (Å²) in [6.45, 7) is 0.515. The van der Waals surface area contributed by atoms with E-state index in [4.69, 9.17) is 9.47 Å². The molecule has 1 aliphatic heterocycles. The number of ether oxygens (including phenoxy) is 2. The summed E-state index contributed by atoms with van der Waals surface area (Å²) in [7, 11) is 1.65. The van der Waals surface area contributed by atoms with E-state index in [-0.39, 0.29) is 0 Å². The van der Waals surface area contributed by atoms with E-state index in [0.717, 1.165) is 42.8 Å². The fraction of sp³-hybridized carbons (Fsp3) is 0.111. The monoisotopic (exact) mass is 400 g/mol. The molecule has 0 fully saturated rings. The lowest BCUT2D eigenvalue weighted by Crippen LogP contribution is -2.03. The van der Waals surface area contributed by atoms with E-state index < -0.39 is 0 Å². The molecular formula is C18H13BrN2O2S. The number of nitrogens with zero attached hydrogens (tertiary/aromatic N) is 2. The first-order valence-electron chi connectivity index (χ1n) is 7.33. The molecule has 2 heterocycles. The second kappa shape index (κ2) is 6.37. The lowest BCUT2D eigenvalue weighted by atomic mass is 10.1. The molecule has 4 nitrogen and oxygen atoms in total. The zero-order valence-corrected chi connectivity index (χ0v) is 15.2. The van der Waals surface area contributed by atoms with Gasteiger partial charge >= 0.3 is 0 Å². The second-order valence-electron chi connectivity index (χ2n) is 5.23. The number of halogens is 1. The molecule has 0 unspecified atom stereocenters. The van der Waals surface area contributed by atoms with Crippen LogP contribution in [0.15, 0.2) is 51.9 Å². The molecule has 0 bridgehead atoms. The van der Waals surface area contributed by atoms with Gasteiger partial charge in [0.2, 0.25) is 5.13 Å². The van der Waals surface area contributed by atoms with Crippen LogP contribution in [-0.2, 0) is 6.61 Å². The summed E-state index contributed by atoms with van der Waals surface area (Å²) in [6, 6.07) is 13.8. The summed E-state index contributed by atoms with van der Waals surface area (Å²) in [5.74, 6) is 1.58. The Hall–Kier alpha value is -2.18. The minimum absolute atomic E-state index is 0.515.